The lowest BCUT2D eigenvalue weighted by molar-refractivity contribution is 0.0731. The summed E-state index contributed by atoms with van der Waals surface area (Å²) in [6, 6.07) is 15.2. The Kier molecular flexibility index (Phi) is 6.26. The molecule has 0 aliphatic rings. The fraction of sp³-hybridized carbons (Fsp3) is 0.304. The topological polar surface area (TPSA) is 73.4 Å². The van der Waals surface area contributed by atoms with Crippen molar-refractivity contribution in [3.63, 3.8) is 0 Å². The second kappa shape index (κ2) is 8.85. The van der Waals surface area contributed by atoms with Crippen molar-refractivity contribution in [1.82, 2.24) is 9.88 Å². The number of amides is 1. The van der Waals surface area contributed by atoms with Gasteiger partial charge in [-0.15, -0.1) is 0 Å². The van der Waals surface area contributed by atoms with Crippen LogP contribution in [0.4, 0.5) is 0 Å². The summed E-state index contributed by atoms with van der Waals surface area (Å²) < 4.78 is 0. The van der Waals surface area contributed by atoms with Crippen LogP contribution in [0.1, 0.15) is 40.4 Å². The van der Waals surface area contributed by atoms with Crippen LogP contribution in [-0.2, 0) is 13.0 Å². The molecule has 5 heteroatoms. The molecule has 5 nitrogen and oxygen atoms in total. The molecule has 3 aromatic rings. The summed E-state index contributed by atoms with van der Waals surface area (Å²) >= 11 is 0. The molecule has 28 heavy (non-hydrogen) atoms. The van der Waals surface area contributed by atoms with E-state index >= 15 is 0 Å². The molecule has 1 amide bonds. The highest BCUT2D eigenvalue weighted by Gasteiger charge is 2.17. The molecular formula is C23H26N2O3. The van der Waals surface area contributed by atoms with Gasteiger partial charge in [-0.25, -0.2) is 0 Å². The van der Waals surface area contributed by atoms with Crippen molar-refractivity contribution in [2.45, 2.75) is 33.2 Å². The van der Waals surface area contributed by atoms with Gasteiger partial charge in [-0.1, -0.05) is 30.7 Å². The SMILES string of the molecule is CCc1ccc2[nH]c(=O)c(CN(CCCO)C(=O)c3ccc(C)cc3)cc2c1. The minimum Gasteiger partial charge on any atom is -0.396 e. The number of hydrogen-bond acceptors (Lipinski definition) is 3. The molecule has 2 N–H and O–H groups in total. The summed E-state index contributed by atoms with van der Waals surface area (Å²) in [5, 5.41) is 10.2. The number of aliphatic hydroxyl groups excluding tert-OH is 1. The summed E-state index contributed by atoms with van der Waals surface area (Å²) in [6.07, 6.45) is 1.38. The Hall–Kier alpha value is -2.92. The highest BCUT2D eigenvalue weighted by atomic mass is 16.3. The molecule has 0 saturated carbocycles. The number of H-pyrrole nitrogens is 1. The maximum absolute atomic E-state index is 13.0. The van der Waals surface area contributed by atoms with Crippen LogP contribution in [0.15, 0.2) is 53.3 Å². The van der Waals surface area contributed by atoms with Crippen molar-refractivity contribution in [2.24, 2.45) is 0 Å². The molecule has 2 aromatic carbocycles. The monoisotopic (exact) mass is 378 g/mol. The van der Waals surface area contributed by atoms with Crippen LogP contribution in [0.2, 0.25) is 0 Å². The van der Waals surface area contributed by atoms with Gasteiger partial charge in [-0.2, -0.15) is 0 Å². The number of carbonyl (C=O) groups is 1. The van der Waals surface area contributed by atoms with E-state index in [4.69, 9.17) is 0 Å². The van der Waals surface area contributed by atoms with Gasteiger partial charge >= 0.3 is 0 Å². The molecule has 1 heterocycles. The Balaban J connectivity index is 1.93. The largest absolute Gasteiger partial charge is 0.396 e. The highest BCUT2D eigenvalue weighted by molar-refractivity contribution is 5.94. The van der Waals surface area contributed by atoms with Crippen molar-refractivity contribution in [3.8, 4) is 0 Å². The zero-order valence-electron chi connectivity index (χ0n) is 16.4. The first-order valence-corrected chi connectivity index (χ1v) is 9.63. The van der Waals surface area contributed by atoms with Crippen LogP contribution >= 0.6 is 0 Å². The van der Waals surface area contributed by atoms with Crippen LogP contribution in [0.25, 0.3) is 10.9 Å². The Labute approximate surface area is 164 Å². The molecular weight excluding hydrogens is 352 g/mol. The van der Waals surface area contributed by atoms with Gasteiger partial charge in [0.05, 0.1) is 6.54 Å². The van der Waals surface area contributed by atoms with E-state index in [1.54, 1.807) is 17.0 Å². The zero-order chi connectivity index (χ0) is 20.1. The number of nitrogens with one attached hydrogen (secondary N) is 1. The molecule has 146 valence electrons. The highest BCUT2D eigenvalue weighted by Crippen LogP contribution is 2.16. The molecule has 1 aromatic heterocycles. The smallest absolute Gasteiger partial charge is 0.254 e. The maximum atomic E-state index is 13.0. The Morgan fingerprint density at radius 2 is 1.86 bits per heavy atom. The number of aliphatic hydroxyl groups is 1. The van der Waals surface area contributed by atoms with E-state index in [1.165, 1.54) is 5.56 Å². The number of hydrogen-bond donors (Lipinski definition) is 2. The third-order valence-corrected chi connectivity index (χ3v) is 4.93. The maximum Gasteiger partial charge on any atom is 0.254 e. The molecule has 0 spiro atoms. The predicted molar refractivity (Wildman–Crippen MR) is 112 cm³/mol. The van der Waals surface area contributed by atoms with Crippen LogP contribution in [-0.4, -0.2) is 34.0 Å². The first kappa shape index (κ1) is 19.8. The molecule has 0 bridgehead atoms. The van der Waals surface area contributed by atoms with Gasteiger partial charge < -0.3 is 15.0 Å². The molecule has 0 atom stereocenters. The summed E-state index contributed by atoms with van der Waals surface area (Å²) in [5.74, 6) is -0.143. The van der Waals surface area contributed by atoms with Gasteiger partial charge in [0, 0.05) is 29.8 Å². The van der Waals surface area contributed by atoms with E-state index in [1.807, 2.05) is 37.3 Å². The first-order chi connectivity index (χ1) is 13.5. The van der Waals surface area contributed by atoms with Crippen molar-refractivity contribution < 1.29 is 9.90 Å². The molecule has 3 rings (SSSR count). The Bertz CT molecular complexity index is 1020. The average molecular weight is 378 g/mol. The fourth-order valence-electron chi connectivity index (χ4n) is 3.24. The molecule has 0 radical (unpaired) electrons. The first-order valence-electron chi connectivity index (χ1n) is 9.63. The van der Waals surface area contributed by atoms with Gasteiger partial charge in [0.2, 0.25) is 0 Å². The number of fused-ring (bicyclic) bond motifs is 1. The summed E-state index contributed by atoms with van der Waals surface area (Å²) in [4.78, 5) is 30.1. The lowest BCUT2D eigenvalue weighted by atomic mass is 10.1. The third-order valence-electron chi connectivity index (χ3n) is 4.93. The molecule has 0 saturated heterocycles. The van der Waals surface area contributed by atoms with Crippen molar-refractivity contribution in [3.05, 3.63) is 81.1 Å². The summed E-state index contributed by atoms with van der Waals surface area (Å²) in [5.41, 5.74) is 3.99. The van der Waals surface area contributed by atoms with Crippen LogP contribution in [0.3, 0.4) is 0 Å². The number of aromatic amines is 1. The lowest BCUT2D eigenvalue weighted by Crippen LogP contribution is -2.34. The second-order valence-electron chi connectivity index (χ2n) is 7.07. The number of aromatic nitrogens is 1. The number of carbonyl (C=O) groups excluding carboxylic acids is 1. The van der Waals surface area contributed by atoms with Crippen molar-refractivity contribution >= 4 is 16.8 Å². The van der Waals surface area contributed by atoms with E-state index < -0.39 is 0 Å². The number of aryl methyl sites for hydroxylation is 2. The standard InChI is InChI=1S/C23H26N2O3/c1-3-17-7-10-21-19(13-17)14-20(22(27)24-21)15-25(11-4-12-26)23(28)18-8-5-16(2)6-9-18/h5-10,13-14,26H,3-4,11-12,15H2,1-2H3,(H,24,27). The van der Waals surface area contributed by atoms with E-state index in [0.29, 0.717) is 24.1 Å². The number of pyridine rings is 1. The molecule has 0 fully saturated rings. The van der Waals surface area contributed by atoms with E-state index in [0.717, 1.165) is 22.9 Å². The predicted octanol–water partition coefficient (Wildman–Crippen LogP) is 3.42. The quantitative estimate of drug-likeness (QED) is 0.662. The third kappa shape index (κ3) is 4.49. The minimum atomic E-state index is -0.192. The summed E-state index contributed by atoms with van der Waals surface area (Å²) in [6.45, 7) is 4.64. The van der Waals surface area contributed by atoms with Gasteiger partial charge in [-0.05, 0) is 61.0 Å². The number of benzene rings is 2. The zero-order valence-corrected chi connectivity index (χ0v) is 16.4. The van der Waals surface area contributed by atoms with Crippen molar-refractivity contribution in [1.29, 1.82) is 0 Å². The average Bonchev–Trinajstić information content (AvgIpc) is 2.71. The van der Waals surface area contributed by atoms with Crippen LogP contribution < -0.4 is 5.56 Å². The molecule has 0 aliphatic carbocycles. The number of rotatable bonds is 7. The Morgan fingerprint density at radius 3 is 2.54 bits per heavy atom. The van der Waals surface area contributed by atoms with Gasteiger partial charge in [0.1, 0.15) is 0 Å². The second-order valence-corrected chi connectivity index (χ2v) is 7.07. The Morgan fingerprint density at radius 1 is 1.11 bits per heavy atom. The van der Waals surface area contributed by atoms with E-state index in [-0.39, 0.29) is 24.6 Å². The minimum absolute atomic E-state index is 0.00832. The van der Waals surface area contributed by atoms with Crippen LogP contribution in [0, 0.1) is 6.92 Å². The summed E-state index contributed by atoms with van der Waals surface area (Å²) in [7, 11) is 0. The molecule has 0 aliphatic heterocycles. The molecule has 0 unspecified atom stereocenters. The van der Waals surface area contributed by atoms with Gasteiger partial charge in [-0.3, -0.25) is 9.59 Å². The van der Waals surface area contributed by atoms with E-state index in [2.05, 4.69) is 18.0 Å². The van der Waals surface area contributed by atoms with Crippen molar-refractivity contribution in [2.75, 3.05) is 13.2 Å². The van der Waals surface area contributed by atoms with Crippen LogP contribution in [0.5, 0.6) is 0 Å². The van der Waals surface area contributed by atoms with Gasteiger partial charge in [0.25, 0.3) is 11.5 Å². The van der Waals surface area contributed by atoms with Gasteiger partial charge in [0.15, 0.2) is 0 Å². The normalized spacial score (nSPS) is 11.0. The fourth-order valence-corrected chi connectivity index (χ4v) is 3.24. The number of nitrogens with zero attached hydrogens (tertiary/aromatic N) is 1. The lowest BCUT2D eigenvalue weighted by Gasteiger charge is -2.22. The van der Waals surface area contributed by atoms with E-state index in [9.17, 15) is 14.7 Å².